The van der Waals surface area contributed by atoms with Crippen molar-refractivity contribution >= 4 is 17.6 Å². The SMILES string of the molecule is CCNC(=NCCCn1nc(-c2ccc(Cl)cc2)ccc1=O)NC#N. The smallest absolute Gasteiger partial charge is 0.266 e. The molecule has 0 atom stereocenters. The predicted molar refractivity (Wildman–Crippen MR) is 98.3 cm³/mol. The van der Waals surface area contributed by atoms with Crippen molar-refractivity contribution in [1.82, 2.24) is 20.4 Å². The number of nitriles is 1. The van der Waals surface area contributed by atoms with Gasteiger partial charge in [0.05, 0.1) is 5.69 Å². The van der Waals surface area contributed by atoms with E-state index in [-0.39, 0.29) is 5.56 Å². The van der Waals surface area contributed by atoms with E-state index in [2.05, 4.69) is 20.7 Å². The Hall–Kier alpha value is -2.85. The van der Waals surface area contributed by atoms with E-state index in [0.29, 0.717) is 42.7 Å². The second-order valence-corrected chi connectivity index (χ2v) is 5.57. The van der Waals surface area contributed by atoms with Gasteiger partial charge in [-0.1, -0.05) is 23.7 Å². The zero-order valence-electron chi connectivity index (χ0n) is 13.9. The van der Waals surface area contributed by atoms with Gasteiger partial charge in [0.2, 0.25) is 5.96 Å². The first-order chi connectivity index (χ1) is 12.1. The Morgan fingerprint density at radius 2 is 2.08 bits per heavy atom. The Morgan fingerprint density at radius 3 is 2.76 bits per heavy atom. The summed E-state index contributed by atoms with van der Waals surface area (Å²) in [7, 11) is 0. The molecule has 8 heteroatoms. The zero-order chi connectivity index (χ0) is 18.1. The summed E-state index contributed by atoms with van der Waals surface area (Å²) >= 11 is 5.89. The molecule has 2 N–H and O–H groups in total. The molecular weight excluding hydrogens is 340 g/mol. The minimum atomic E-state index is -0.163. The summed E-state index contributed by atoms with van der Waals surface area (Å²) in [5.41, 5.74) is 1.44. The lowest BCUT2D eigenvalue weighted by atomic mass is 10.1. The fourth-order valence-corrected chi connectivity index (χ4v) is 2.28. The maximum atomic E-state index is 12.0. The molecule has 0 aliphatic carbocycles. The zero-order valence-corrected chi connectivity index (χ0v) is 14.6. The van der Waals surface area contributed by atoms with Gasteiger partial charge in [-0.25, -0.2) is 4.68 Å². The number of aryl methyl sites for hydroxylation is 1. The Morgan fingerprint density at radius 1 is 1.32 bits per heavy atom. The van der Waals surface area contributed by atoms with Crippen molar-refractivity contribution in [3.05, 3.63) is 51.8 Å². The average Bonchev–Trinajstić information content (AvgIpc) is 2.61. The van der Waals surface area contributed by atoms with Gasteiger partial charge in [0.25, 0.3) is 5.56 Å². The van der Waals surface area contributed by atoms with Crippen molar-refractivity contribution in [1.29, 1.82) is 5.26 Å². The van der Waals surface area contributed by atoms with Gasteiger partial charge in [0.15, 0.2) is 6.19 Å². The van der Waals surface area contributed by atoms with Gasteiger partial charge in [-0.2, -0.15) is 10.4 Å². The molecule has 0 aliphatic rings. The number of hydrogen-bond acceptors (Lipinski definition) is 4. The van der Waals surface area contributed by atoms with E-state index in [4.69, 9.17) is 16.9 Å². The minimum Gasteiger partial charge on any atom is -0.356 e. The van der Waals surface area contributed by atoms with Crippen LogP contribution in [-0.2, 0) is 6.54 Å². The molecule has 7 nitrogen and oxygen atoms in total. The first-order valence-electron chi connectivity index (χ1n) is 7.91. The van der Waals surface area contributed by atoms with E-state index >= 15 is 0 Å². The first-order valence-corrected chi connectivity index (χ1v) is 8.29. The fourth-order valence-electron chi connectivity index (χ4n) is 2.16. The van der Waals surface area contributed by atoms with Crippen molar-refractivity contribution in [3.63, 3.8) is 0 Å². The third-order valence-corrected chi connectivity index (χ3v) is 3.58. The second kappa shape index (κ2) is 9.45. The quantitative estimate of drug-likeness (QED) is 0.271. The molecule has 0 fully saturated rings. The van der Waals surface area contributed by atoms with E-state index < -0.39 is 0 Å². The van der Waals surface area contributed by atoms with Crippen LogP contribution < -0.4 is 16.2 Å². The van der Waals surface area contributed by atoms with E-state index in [1.54, 1.807) is 18.2 Å². The van der Waals surface area contributed by atoms with E-state index in [1.165, 1.54) is 10.7 Å². The molecule has 0 spiro atoms. The molecule has 0 aliphatic heterocycles. The number of halogens is 1. The summed E-state index contributed by atoms with van der Waals surface area (Å²) in [6, 6.07) is 10.5. The molecule has 130 valence electrons. The topological polar surface area (TPSA) is 95.1 Å². The van der Waals surface area contributed by atoms with Gasteiger partial charge < -0.3 is 5.32 Å². The summed E-state index contributed by atoms with van der Waals surface area (Å²) < 4.78 is 1.42. The summed E-state index contributed by atoms with van der Waals surface area (Å²) in [5.74, 6) is 0.431. The number of guanidine groups is 1. The molecule has 0 radical (unpaired) electrons. The number of nitrogens with zero attached hydrogens (tertiary/aromatic N) is 4. The van der Waals surface area contributed by atoms with Gasteiger partial charge in [-0.3, -0.25) is 15.1 Å². The Bertz CT molecular complexity index is 822. The Kier molecular flexibility index (Phi) is 6.99. The normalized spacial score (nSPS) is 11.0. The van der Waals surface area contributed by atoms with Gasteiger partial charge in [-0.05, 0) is 31.5 Å². The van der Waals surface area contributed by atoms with Crippen LogP contribution in [0.2, 0.25) is 5.02 Å². The van der Waals surface area contributed by atoms with Crippen molar-refractivity contribution < 1.29 is 0 Å². The molecule has 1 aromatic carbocycles. The van der Waals surface area contributed by atoms with Crippen LogP contribution >= 0.6 is 11.6 Å². The standard InChI is InChI=1S/C17H19ClN6O/c1-2-20-17(22-12-19)21-10-3-11-24-16(25)9-8-15(23-24)13-4-6-14(18)7-5-13/h4-9H,2-3,10-11H2,1H3,(H2,20,21,22). The summed E-state index contributed by atoms with van der Waals surface area (Å²) in [6.45, 7) is 3.49. The molecular formula is C17H19ClN6O. The number of nitrogens with one attached hydrogen (secondary N) is 2. The predicted octanol–water partition coefficient (Wildman–Crippen LogP) is 1.99. The molecule has 1 heterocycles. The highest BCUT2D eigenvalue weighted by Crippen LogP contribution is 2.18. The molecule has 0 unspecified atom stereocenters. The lowest BCUT2D eigenvalue weighted by Gasteiger charge is -2.07. The third kappa shape index (κ3) is 5.62. The largest absolute Gasteiger partial charge is 0.356 e. The van der Waals surface area contributed by atoms with E-state index in [9.17, 15) is 4.79 Å². The van der Waals surface area contributed by atoms with Crippen LogP contribution in [0.25, 0.3) is 11.3 Å². The number of aliphatic imine (C=N–C) groups is 1. The summed E-state index contributed by atoms with van der Waals surface area (Å²) in [4.78, 5) is 16.2. The highest BCUT2D eigenvalue weighted by molar-refractivity contribution is 6.30. The Labute approximate surface area is 151 Å². The van der Waals surface area contributed by atoms with Gasteiger partial charge in [0, 0.05) is 36.3 Å². The average molecular weight is 359 g/mol. The van der Waals surface area contributed by atoms with Crippen LogP contribution in [0.1, 0.15) is 13.3 Å². The van der Waals surface area contributed by atoms with E-state index in [1.807, 2.05) is 25.2 Å². The number of benzene rings is 1. The summed E-state index contributed by atoms with van der Waals surface area (Å²) in [5, 5.41) is 19.1. The second-order valence-electron chi connectivity index (χ2n) is 5.14. The molecule has 25 heavy (non-hydrogen) atoms. The van der Waals surface area contributed by atoms with Gasteiger partial charge in [-0.15, -0.1) is 0 Å². The number of rotatable bonds is 6. The number of hydrogen-bond donors (Lipinski definition) is 2. The van der Waals surface area contributed by atoms with Crippen LogP contribution in [0.3, 0.4) is 0 Å². The van der Waals surface area contributed by atoms with Crippen molar-refractivity contribution in [2.24, 2.45) is 4.99 Å². The fraction of sp³-hybridized carbons (Fsp3) is 0.294. The summed E-state index contributed by atoms with van der Waals surface area (Å²) in [6.07, 6.45) is 2.45. The first kappa shape index (κ1) is 18.5. The lowest BCUT2D eigenvalue weighted by molar-refractivity contribution is 0.556. The maximum absolute atomic E-state index is 12.0. The van der Waals surface area contributed by atoms with E-state index in [0.717, 1.165) is 5.56 Å². The maximum Gasteiger partial charge on any atom is 0.266 e. The van der Waals surface area contributed by atoms with Gasteiger partial charge in [0.1, 0.15) is 0 Å². The molecule has 0 saturated heterocycles. The molecule has 1 aromatic heterocycles. The van der Waals surface area contributed by atoms with Crippen molar-refractivity contribution in [2.75, 3.05) is 13.1 Å². The molecule has 0 bridgehead atoms. The molecule has 0 amide bonds. The van der Waals surface area contributed by atoms with Crippen LogP contribution in [-0.4, -0.2) is 28.8 Å². The molecule has 2 aromatic rings. The lowest BCUT2D eigenvalue weighted by Crippen LogP contribution is -2.34. The monoisotopic (exact) mass is 358 g/mol. The third-order valence-electron chi connectivity index (χ3n) is 3.32. The highest BCUT2D eigenvalue weighted by atomic mass is 35.5. The van der Waals surface area contributed by atoms with Crippen LogP contribution in [0.15, 0.2) is 46.2 Å². The minimum absolute atomic E-state index is 0.163. The van der Waals surface area contributed by atoms with Crippen LogP contribution in [0, 0.1) is 11.5 Å². The van der Waals surface area contributed by atoms with Crippen LogP contribution in [0.4, 0.5) is 0 Å². The molecule has 0 saturated carbocycles. The number of aromatic nitrogens is 2. The highest BCUT2D eigenvalue weighted by Gasteiger charge is 2.04. The van der Waals surface area contributed by atoms with Crippen molar-refractivity contribution in [3.8, 4) is 17.5 Å². The molecule has 2 rings (SSSR count). The van der Waals surface area contributed by atoms with Crippen molar-refractivity contribution in [2.45, 2.75) is 19.9 Å². The Balaban J connectivity index is 2.03. The van der Waals surface area contributed by atoms with Gasteiger partial charge >= 0.3 is 0 Å². The van der Waals surface area contributed by atoms with Crippen LogP contribution in [0.5, 0.6) is 0 Å².